The summed E-state index contributed by atoms with van der Waals surface area (Å²) in [4.78, 5) is 69.5. The highest BCUT2D eigenvalue weighted by atomic mass is 32.2. The molecule has 17 nitrogen and oxygen atoms in total. The lowest BCUT2D eigenvalue weighted by Crippen LogP contribution is -2.51. The molecule has 1 aromatic carbocycles. The maximum absolute atomic E-state index is 16.9. The number of hydroxylamine groups is 2. The number of hydrogen-bond donors (Lipinski definition) is 2. The van der Waals surface area contributed by atoms with Crippen LogP contribution in [0.5, 0.6) is 5.75 Å². The third-order valence-electron chi connectivity index (χ3n) is 12.8. The number of halogens is 2. The van der Waals surface area contributed by atoms with Crippen molar-refractivity contribution < 1.29 is 64.1 Å². The van der Waals surface area contributed by atoms with Crippen LogP contribution in [0, 0.1) is 6.92 Å². The lowest BCUT2D eigenvalue weighted by molar-refractivity contribution is -0.870. The van der Waals surface area contributed by atoms with Gasteiger partial charge in [0, 0.05) is 73.6 Å². The van der Waals surface area contributed by atoms with Crippen LogP contribution in [-0.2, 0) is 38.9 Å². The summed E-state index contributed by atoms with van der Waals surface area (Å²) in [6.07, 6.45) is 11.9. The number of allylic oxidation sites excluding steroid dienone is 2. The predicted molar refractivity (Wildman–Crippen MR) is 276 cm³/mol. The van der Waals surface area contributed by atoms with Crippen molar-refractivity contribution >= 4 is 82.0 Å². The Morgan fingerprint density at radius 1 is 0.959 bits per heavy atom. The minimum absolute atomic E-state index is 0.0177. The molecule has 0 bridgehead atoms. The average molecular weight is 1050 g/mol. The van der Waals surface area contributed by atoms with Gasteiger partial charge in [0.15, 0.2) is 11.4 Å². The van der Waals surface area contributed by atoms with Gasteiger partial charge in [0.25, 0.3) is 11.8 Å². The topological polar surface area (TPSA) is 199 Å². The molecule has 1 fully saturated rings. The number of thiophene rings is 1. The molecule has 396 valence electrons. The third kappa shape index (κ3) is 16.3. The first-order chi connectivity index (χ1) is 34.6. The maximum atomic E-state index is 16.9. The zero-order valence-electron chi connectivity index (χ0n) is 42.4. The fraction of sp³-hybridized carbons (Fsp3) is 0.490. The molecule has 3 aliphatic rings. The van der Waals surface area contributed by atoms with E-state index in [1.54, 1.807) is 66.9 Å². The van der Waals surface area contributed by atoms with Crippen LogP contribution in [0.2, 0.25) is 0 Å². The van der Waals surface area contributed by atoms with Gasteiger partial charge in [0.05, 0.1) is 49.3 Å². The van der Waals surface area contributed by atoms with Crippen LogP contribution in [0.15, 0.2) is 65.2 Å². The Morgan fingerprint density at radius 2 is 1.70 bits per heavy atom. The number of benzene rings is 1. The Bertz CT molecular complexity index is 2700. The highest BCUT2D eigenvalue weighted by molar-refractivity contribution is 7.85. The summed E-state index contributed by atoms with van der Waals surface area (Å²) < 4.78 is 76.6. The molecule has 3 aliphatic heterocycles. The SMILES string of the molecule is Cc1cc(/C=C/c2ccc(OCCCC(=O)NC(CCCC[N+](C)(C)C)C(=O)NCCN(C)CCCCCC(=O)ON3C(=O)CCC3=O)cc2)n2c1C=C1C(CCCS(=O)(=O)[O-])=CC(c3cccs3)=[N+]1[B-]2(F)F. The predicted octanol–water partition coefficient (Wildman–Crippen LogP) is 6.11. The van der Waals surface area contributed by atoms with Crippen molar-refractivity contribution in [1.29, 1.82) is 0 Å². The zero-order chi connectivity index (χ0) is 52.9. The van der Waals surface area contributed by atoms with E-state index in [2.05, 4.69) is 36.7 Å². The van der Waals surface area contributed by atoms with Crippen LogP contribution in [0.3, 0.4) is 0 Å². The monoisotopic (exact) mass is 1050 g/mol. The molecule has 1 saturated heterocycles. The van der Waals surface area contributed by atoms with Gasteiger partial charge >= 0.3 is 12.9 Å². The van der Waals surface area contributed by atoms with E-state index in [4.69, 9.17) is 9.57 Å². The minimum Gasteiger partial charge on any atom is -0.748 e. The largest absolute Gasteiger partial charge is 0.748 e. The Balaban J connectivity index is 0.956. The number of fused-ring (bicyclic) bond motifs is 2. The number of amides is 4. The molecule has 0 radical (unpaired) electrons. The molecule has 22 heteroatoms. The average Bonchev–Trinajstić information content (AvgIpc) is 4.12. The molecule has 5 heterocycles. The standard InChI is InChI=1S/C51H68BF2N7O10S2/c1-37-34-40(58-43(37)36-44-39(14-13-33-73(67,68)69)35-45(46-16-12-32-72-46)59(44)52(58,53)54)22-19-38-20-23-41(24-21-38)70-31-11-17-47(62)56-42(15-8-10-30-61(3,4)5)51(66)55-27-29-57(2)28-9-6-7-18-50(65)71-60-48(63)25-26-49(60)64/h12,16,19-24,32,34-36,42H,6-11,13-15,17-18,25-31,33H2,1-5H3,(H2-,55,56,62,66,67,68,69)/b22-19+. The number of aromatic nitrogens is 1. The van der Waals surface area contributed by atoms with Gasteiger partial charge in [0.2, 0.25) is 11.8 Å². The highest BCUT2D eigenvalue weighted by Crippen LogP contribution is 2.40. The molecular weight excluding hydrogens is 984 g/mol. The molecule has 3 aromatic rings. The van der Waals surface area contributed by atoms with Gasteiger partial charge in [-0.1, -0.05) is 30.7 Å². The number of ether oxygens (including phenoxy) is 1. The molecule has 6 rings (SSSR count). The van der Waals surface area contributed by atoms with Crippen molar-refractivity contribution in [1.82, 2.24) is 25.1 Å². The quantitative estimate of drug-likeness (QED) is 0.0268. The van der Waals surface area contributed by atoms with Crippen molar-refractivity contribution in [2.75, 3.05) is 66.7 Å². The van der Waals surface area contributed by atoms with Crippen molar-refractivity contribution in [3.05, 3.63) is 92.6 Å². The number of aryl methyl sites for hydroxylation is 1. The smallest absolute Gasteiger partial charge is 0.737 e. The number of hydrogen-bond acceptors (Lipinski definition) is 12. The van der Waals surface area contributed by atoms with E-state index in [1.807, 2.05) is 19.2 Å². The van der Waals surface area contributed by atoms with Gasteiger partial charge in [0.1, 0.15) is 11.8 Å². The summed E-state index contributed by atoms with van der Waals surface area (Å²) in [5, 5.41) is 8.28. The van der Waals surface area contributed by atoms with Gasteiger partial charge in [-0.2, -0.15) is 0 Å². The Morgan fingerprint density at radius 3 is 2.38 bits per heavy atom. The van der Waals surface area contributed by atoms with Crippen molar-refractivity contribution in [3.8, 4) is 5.75 Å². The molecule has 2 N–H and O–H groups in total. The van der Waals surface area contributed by atoms with E-state index in [-0.39, 0.29) is 56.9 Å². The number of nitrogens with one attached hydrogen (secondary N) is 2. The minimum atomic E-state index is -4.46. The summed E-state index contributed by atoms with van der Waals surface area (Å²) >= 11 is 1.32. The van der Waals surface area contributed by atoms with Gasteiger partial charge in [-0.25, -0.2) is 13.2 Å². The van der Waals surface area contributed by atoms with Crippen LogP contribution in [-0.4, -0.2) is 151 Å². The molecule has 0 spiro atoms. The van der Waals surface area contributed by atoms with Crippen LogP contribution in [0.4, 0.5) is 8.63 Å². The lowest BCUT2D eigenvalue weighted by Gasteiger charge is -2.31. The Labute approximate surface area is 430 Å². The molecule has 0 aliphatic carbocycles. The van der Waals surface area contributed by atoms with Gasteiger partial charge in [-0.3, -0.25) is 19.2 Å². The number of likely N-dealkylation sites (N-methyl/N-ethyl adjacent to an activating group) is 1. The second-order valence-corrected chi connectivity index (χ2v) is 22.3. The highest BCUT2D eigenvalue weighted by Gasteiger charge is 2.54. The summed E-state index contributed by atoms with van der Waals surface area (Å²) in [5.41, 5.74) is 3.21. The molecule has 2 aromatic heterocycles. The first-order valence-electron chi connectivity index (χ1n) is 24.9. The van der Waals surface area contributed by atoms with Crippen molar-refractivity contribution in [3.63, 3.8) is 0 Å². The third-order valence-corrected chi connectivity index (χ3v) is 14.4. The summed E-state index contributed by atoms with van der Waals surface area (Å²) in [5.74, 6) is -2.13. The van der Waals surface area contributed by atoms with Crippen molar-refractivity contribution in [2.45, 2.75) is 96.4 Å². The van der Waals surface area contributed by atoms with Crippen molar-refractivity contribution in [2.24, 2.45) is 0 Å². The number of unbranched alkanes of at least 4 members (excludes halogenated alkanes) is 3. The number of nitrogens with zero attached hydrogens (tertiary/aromatic N) is 5. The van der Waals surface area contributed by atoms with E-state index in [0.29, 0.717) is 82.0 Å². The van der Waals surface area contributed by atoms with Crippen LogP contribution in [0.25, 0.3) is 18.2 Å². The molecule has 0 saturated carbocycles. The Kier molecular flexibility index (Phi) is 19.7. The Hall–Kier alpha value is -5.81. The fourth-order valence-electron chi connectivity index (χ4n) is 8.93. The number of rotatable bonds is 29. The number of carbonyl (C=O) groups excluding carboxylic acids is 5. The van der Waals surface area contributed by atoms with Crippen LogP contribution < -0.4 is 15.4 Å². The lowest BCUT2D eigenvalue weighted by atomic mass is 9.88. The first-order valence-corrected chi connectivity index (χ1v) is 27.4. The number of quaternary nitrogens is 1. The van der Waals surface area contributed by atoms with E-state index in [0.717, 1.165) is 57.8 Å². The normalized spacial score (nSPS) is 15.9. The zero-order valence-corrected chi connectivity index (χ0v) is 44.0. The molecule has 1 unspecified atom stereocenters. The van der Waals surface area contributed by atoms with Gasteiger partial charge in [-0.05, 0) is 119 Å². The van der Waals surface area contributed by atoms with Gasteiger partial charge < -0.3 is 51.7 Å². The van der Waals surface area contributed by atoms with E-state index in [9.17, 15) is 36.9 Å². The summed E-state index contributed by atoms with van der Waals surface area (Å²) in [6, 6.07) is 11.7. The van der Waals surface area contributed by atoms with E-state index in [1.165, 1.54) is 11.3 Å². The second kappa shape index (κ2) is 25.4. The molecule has 1 atom stereocenters. The summed E-state index contributed by atoms with van der Waals surface area (Å²) in [7, 11) is 3.80. The summed E-state index contributed by atoms with van der Waals surface area (Å²) in [6.45, 7) is 0.239. The second-order valence-electron chi connectivity index (χ2n) is 19.8. The molecule has 4 amide bonds. The van der Waals surface area contributed by atoms with E-state index < -0.39 is 46.7 Å². The molecule has 73 heavy (non-hydrogen) atoms. The first kappa shape index (κ1) is 56.5. The number of imide groups is 1. The van der Waals surface area contributed by atoms with Crippen LogP contribution >= 0.6 is 11.3 Å². The van der Waals surface area contributed by atoms with E-state index >= 15 is 8.63 Å². The molecular formula is C51H68BF2N7O10S2. The van der Waals surface area contributed by atoms with Gasteiger partial charge in [-0.15, -0.1) is 16.4 Å². The van der Waals surface area contributed by atoms with Crippen LogP contribution in [0.1, 0.15) is 111 Å². The fourth-order valence-corrected chi connectivity index (χ4v) is 10.2. The number of carbonyl (C=O) groups is 5. The maximum Gasteiger partial charge on any atom is 0.737 e.